The Morgan fingerprint density at radius 1 is 1.23 bits per heavy atom. The first-order valence-corrected chi connectivity index (χ1v) is 14.6. The summed E-state index contributed by atoms with van der Waals surface area (Å²) in [5, 5.41) is 23.3. The van der Waals surface area contributed by atoms with Gasteiger partial charge in [-0.25, -0.2) is 9.18 Å². The zero-order valence-electron chi connectivity index (χ0n) is 24.3. The van der Waals surface area contributed by atoms with Gasteiger partial charge in [0.05, 0.1) is 28.9 Å². The van der Waals surface area contributed by atoms with Gasteiger partial charge in [-0.1, -0.05) is 23.7 Å². The van der Waals surface area contributed by atoms with Gasteiger partial charge in [0.2, 0.25) is 0 Å². The van der Waals surface area contributed by atoms with Crippen LogP contribution in [-0.4, -0.2) is 39.1 Å². The van der Waals surface area contributed by atoms with Crippen LogP contribution in [0.3, 0.4) is 0 Å². The second-order valence-corrected chi connectivity index (χ2v) is 11.3. The maximum atomic E-state index is 15.1. The van der Waals surface area contributed by atoms with Crippen LogP contribution in [-0.2, 0) is 6.42 Å². The Kier molecular flexibility index (Phi) is 10.5. The molecule has 0 bridgehead atoms. The Morgan fingerprint density at radius 3 is 2.65 bits per heavy atom. The number of guanidine groups is 1. The molecule has 0 aliphatic heterocycles. The van der Waals surface area contributed by atoms with E-state index in [4.69, 9.17) is 33.7 Å². The van der Waals surface area contributed by atoms with Gasteiger partial charge in [0, 0.05) is 35.3 Å². The fraction of sp³-hybridized carbons (Fsp3) is 0.355. The molecule has 43 heavy (non-hydrogen) atoms. The fourth-order valence-corrected chi connectivity index (χ4v) is 5.25. The second kappa shape index (κ2) is 14.3. The first kappa shape index (κ1) is 31.7. The molecular weight excluding hydrogens is 569 g/mol. The van der Waals surface area contributed by atoms with Gasteiger partial charge >= 0.3 is 5.69 Å². The first-order valence-electron chi connectivity index (χ1n) is 14.2. The van der Waals surface area contributed by atoms with E-state index in [1.165, 1.54) is 4.57 Å². The van der Waals surface area contributed by atoms with Crippen molar-refractivity contribution in [1.82, 2.24) is 25.2 Å². The number of fused-ring (bicyclic) bond motifs is 1. The van der Waals surface area contributed by atoms with Crippen LogP contribution in [0.1, 0.15) is 56.7 Å². The number of halogens is 2. The SMILES string of the molecule is C[C@H](N)CCCc1cc(Cl)c(F)c(-c2cc3cn(-c4ccc([C@H](C)NCC[C@@H](CC#N)NC(=N)N)cc4)c(=O)nc3[nH]2)c1. The average molecular weight is 606 g/mol. The third kappa shape index (κ3) is 8.20. The molecule has 0 radical (unpaired) electrons. The standard InChI is InChI=1S/C31H37ClFN9O/c1-18(35)4-3-5-20-14-25(28(33)26(32)15-20)27-16-22-17-42(31(43)41-29(22)40-27)24-8-6-21(7-9-24)19(2)38-13-11-23(10-12-34)39-30(36)37/h6-9,14-19,23,38H,3-5,10-11,13,35H2,1-2H3,(H4,36,37,39)(H,40,41,43)/t18-,19-,23+/m0/s1. The van der Waals surface area contributed by atoms with Crippen molar-refractivity contribution in [3.63, 3.8) is 0 Å². The van der Waals surface area contributed by atoms with Crippen LogP contribution < -0.4 is 27.8 Å². The minimum atomic E-state index is -0.534. The summed E-state index contributed by atoms with van der Waals surface area (Å²) in [6.45, 7) is 4.59. The molecule has 12 heteroatoms. The van der Waals surface area contributed by atoms with Crippen molar-refractivity contribution in [2.75, 3.05) is 6.54 Å². The van der Waals surface area contributed by atoms with E-state index in [2.05, 4.69) is 26.7 Å². The molecule has 2 aromatic heterocycles. The molecule has 0 saturated carbocycles. The second-order valence-electron chi connectivity index (χ2n) is 10.9. The van der Waals surface area contributed by atoms with Crippen LogP contribution in [0.5, 0.6) is 0 Å². The van der Waals surface area contributed by atoms with Crippen molar-refractivity contribution in [3.8, 4) is 23.0 Å². The number of aromatic nitrogens is 3. The zero-order valence-corrected chi connectivity index (χ0v) is 25.0. The highest BCUT2D eigenvalue weighted by Gasteiger charge is 2.16. The quantitative estimate of drug-likeness (QED) is 0.0949. The molecule has 3 atom stereocenters. The van der Waals surface area contributed by atoms with E-state index in [1.807, 2.05) is 38.1 Å². The Hall–Kier alpha value is -4.24. The maximum absolute atomic E-state index is 15.1. The van der Waals surface area contributed by atoms with Gasteiger partial charge in [-0.3, -0.25) is 9.98 Å². The number of H-pyrrole nitrogens is 1. The highest BCUT2D eigenvalue weighted by Crippen LogP contribution is 2.31. The molecule has 0 spiro atoms. The van der Waals surface area contributed by atoms with E-state index in [0.29, 0.717) is 40.9 Å². The van der Waals surface area contributed by atoms with E-state index in [0.717, 1.165) is 30.4 Å². The van der Waals surface area contributed by atoms with Gasteiger partial charge in [-0.2, -0.15) is 10.2 Å². The molecule has 226 valence electrons. The largest absolute Gasteiger partial charge is 0.370 e. The lowest BCUT2D eigenvalue weighted by molar-refractivity contribution is 0.495. The van der Waals surface area contributed by atoms with Crippen LogP contribution in [0.25, 0.3) is 28.0 Å². The van der Waals surface area contributed by atoms with E-state index in [-0.39, 0.29) is 35.5 Å². The molecular formula is C31H37ClFN9O. The van der Waals surface area contributed by atoms with E-state index in [9.17, 15) is 4.79 Å². The minimum absolute atomic E-state index is 0.00913. The first-order chi connectivity index (χ1) is 20.5. The molecule has 0 fully saturated rings. The lowest BCUT2D eigenvalue weighted by Crippen LogP contribution is -2.40. The van der Waals surface area contributed by atoms with Gasteiger partial charge in [-0.05, 0) is 87.5 Å². The van der Waals surface area contributed by atoms with Crippen LogP contribution in [0, 0.1) is 22.6 Å². The van der Waals surface area contributed by atoms with Crippen molar-refractivity contribution in [1.29, 1.82) is 10.7 Å². The molecule has 10 nitrogen and oxygen atoms in total. The topological polar surface area (TPSA) is 174 Å². The van der Waals surface area contributed by atoms with E-state index in [1.54, 1.807) is 24.4 Å². The fourth-order valence-electron chi connectivity index (χ4n) is 5.01. The van der Waals surface area contributed by atoms with Crippen LogP contribution in [0.4, 0.5) is 4.39 Å². The number of rotatable bonds is 13. The molecule has 0 saturated heterocycles. The number of benzene rings is 2. The number of aromatic amines is 1. The Morgan fingerprint density at radius 2 is 1.98 bits per heavy atom. The number of nitrogens with one attached hydrogen (secondary N) is 4. The number of aryl methyl sites for hydroxylation is 1. The van der Waals surface area contributed by atoms with E-state index < -0.39 is 11.5 Å². The van der Waals surface area contributed by atoms with Crippen LogP contribution in [0.2, 0.25) is 5.02 Å². The van der Waals surface area contributed by atoms with Gasteiger partial charge in [0.1, 0.15) is 5.65 Å². The van der Waals surface area contributed by atoms with Crippen LogP contribution in [0.15, 0.2) is 53.5 Å². The summed E-state index contributed by atoms with van der Waals surface area (Å²) < 4.78 is 16.5. The molecule has 0 aliphatic carbocycles. The number of nitrogens with zero attached hydrogens (tertiary/aromatic N) is 3. The van der Waals surface area contributed by atoms with Crippen molar-refractivity contribution in [2.24, 2.45) is 11.5 Å². The highest BCUT2D eigenvalue weighted by atomic mass is 35.5. The molecule has 0 amide bonds. The summed E-state index contributed by atoms with van der Waals surface area (Å²) in [6.07, 6.45) is 5.01. The molecule has 4 rings (SSSR count). The molecule has 4 aromatic rings. The van der Waals surface area contributed by atoms with Crippen molar-refractivity contribution < 1.29 is 4.39 Å². The number of nitrogens with two attached hydrogens (primary N) is 2. The van der Waals surface area contributed by atoms with Crippen molar-refractivity contribution >= 4 is 28.6 Å². The molecule has 8 N–H and O–H groups in total. The van der Waals surface area contributed by atoms with Gasteiger partial charge in [0.25, 0.3) is 0 Å². The smallest absolute Gasteiger partial charge is 0.354 e. The van der Waals surface area contributed by atoms with Gasteiger partial charge in [0.15, 0.2) is 11.8 Å². The number of hydrogen-bond acceptors (Lipinski definition) is 6. The number of hydrogen-bond donors (Lipinski definition) is 6. The van der Waals surface area contributed by atoms with Crippen LogP contribution >= 0.6 is 11.6 Å². The predicted molar refractivity (Wildman–Crippen MR) is 169 cm³/mol. The predicted octanol–water partition coefficient (Wildman–Crippen LogP) is 4.65. The molecule has 0 aliphatic rings. The summed E-state index contributed by atoms with van der Waals surface area (Å²) in [6, 6.07) is 14.7. The van der Waals surface area contributed by atoms with Crippen molar-refractivity contribution in [3.05, 3.63) is 81.1 Å². The Bertz CT molecular complexity index is 1670. The average Bonchev–Trinajstić information content (AvgIpc) is 3.36. The van der Waals surface area contributed by atoms with Gasteiger partial charge in [-0.15, -0.1) is 0 Å². The molecule has 0 unspecified atom stereocenters. The Labute approximate surface area is 254 Å². The maximum Gasteiger partial charge on any atom is 0.354 e. The Balaban J connectivity index is 1.50. The van der Waals surface area contributed by atoms with E-state index >= 15 is 4.39 Å². The summed E-state index contributed by atoms with van der Waals surface area (Å²) >= 11 is 6.23. The van der Waals surface area contributed by atoms with Gasteiger partial charge < -0.3 is 27.1 Å². The third-order valence-corrected chi connectivity index (χ3v) is 7.60. The normalized spacial score (nSPS) is 13.4. The molecule has 2 aromatic carbocycles. The highest BCUT2D eigenvalue weighted by molar-refractivity contribution is 6.31. The minimum Gasteiger partial charge on any atom is -0.370 e. The molecule has 2 heterocycles. The lowest BCUT2D eigenvalue weighted by atomic mass is 10.0. The summed E-state index contributed by atoms with van der Waals surface area (Å²) in [5.41, 5.74) is 14.5. The lowest BCUT2D eigenvalue weighted by Gasteiger charge is -2.19. The number of nitriles is 1. The zero-order chi connectivity index (χ0) is 31.1. The third-order valence-electron chi connectivity index (χ3n) is 7.32. The summed E-state index contributed by atoms with van der Waals surface area (Å²) in [5.74, 6) is -0.689. The summed E-state index contributed by atoms with van der Waals surface area (Å²) in [7, 11) is 0. The van der Waals surface area contributed by atoms with Crippen molar-refractivity contribution in [2.45, 2.75) is 64.1 Å². The summed E-state index contributed by atoms with van der Waals surface area (Å²) in [4.78, 5) is 20.2. The monoisotopic (exact) mass is 605 g/mol.